The molecule has 1 aromatic heterocycles. The zero-order valence-electron chi connectivity index (χ0n) is 12.1. The number of hydrogen-bond acceptors (Lipinski definition) is 5. The van der Waals surface area contributed by atoms with Crippen molar-refractivity contribution in [1.29, 1.82) is 0 Å². The topological polar surface area (TPSA) is 98.7 Å². The molecule has 0 atom stereocenters. The van der Waals surface area contributed by atoms with Crippen molar-refractivity contribution in [2.24, 2.45) is 5.73 Å². The molecule has 0 bridgehead atoms. The number of nitrogens with zero attached hydrogens (tertiary/aromatic N) is 4. The minimum atomic E-state index is -0.925. The van der Waals surface area contributed by atoms with Crippen molar-refractivity contribution < 1.29 is 4.79 Å². The third kappa shape index (κ3) is 2.92. The van der Waals surface area contributed by atoms with Gasteiger partial charge in [-0.2, -0.15) is 0 Å². The van der Waals surface area contributed by atoms with Gasteiger partial charge in [0.2, 0.25) is 5.91 Å². The fraction of sp³-hybridized carbons (Fsp3) is 0.429. The molecular weight excluding hydrogens is 268 g/mol. The predicted molar refractivity (Wildman–Crippen MR) is 78.4 cm³/mol. The number of nitrogens with one attached hydrogen (secondary N) is 1. The van der Waals surface area contributed by atoms with Crippen LogP contribution in [0.15, 0.2) is 24.3 Å². The first kappa shape index (κ1) is 13.7. The molecule has 1 heterocycles. The average Bonchev–Trinajstić information content (AvgIpc) is 3.15. The van der Waals surface area contributed by atoms with Crippen LogP contribution in [0, 0.1) is 0 Å². The first-order valence-electron chi connectivity index (χ1n) is 6.94. The molecule has 7 nitrogen and oxygen atoms in total. The normalized spacial score (nSPS) is 15.0. The summed E-state index contributed by atoms with van der Waals surface area (Å²) in [6, 6.07) is 7.86. The van der Waals surface area contributed by atoms with Gasteiger partial charge in [0, 0.05) is 11.3 Å². The van der Waals surface area contributed by atoms with Crippen LogP contribution in [-0.4, -0.2) is 31.7 Å². The molecule has 1 saturated carbocycles. The average molecular weight is 286 g/mol. The van der Waals surface area contributed by atoms with Crippen LogP contribution in [0.1, 0.15) is 32.7 Å². The van der Waals surface area contributed by atoms with Gasteiger partial charge in [-0.1, -0.05) is 12.1 Å². The van der Waals surface area contributed by atoms with Crippen LogP contribution in [0.2, 0.25) is 0 Å². The third-order valence-corrected chi connectivity index (χ3v) is 3.35. The van der Waals surface area contributed by atoms with Gasteiger partial charge in [-0.3, -0.25) is 4.79 Å². The number of amides is 1. The van der Waals surface area contributed by atoms with Gasteiger partial charge in [0.05, 0.1) is 11.6 Å². The molecule has 1 aliphatic carbocycles. The van der Waals surface area contributed by atoms with Gasteiger partial charge in [0.1, 0.15) is 0 Å². The van der Waals surface area contributed by atoms with E-state index in [1.54, 1.807) is 13.8 Å². The molecule has 110 valence electrons. The fourth-order valence-corrected chi connectivity index (χ4v) is 1.98. The first-order valence-corrected chi connectivity index (χ1v) is 6.94. The van der Waals surface area contributed by atoms with E-state index in [2.05, 4.69) is 20.8 Å². The molecule has 0 spiro atoms. The number of anilines is 1. The van der Waals surface area contributed by atoms with Crippen LogP contribution in [0.3, 0.4) is 0 Å². The van der Waals surface area contributed by atoms with E-state index < -0.39 is 5.54 Å². The summed E-state index contributed by atoms with van der Waals surface area (Å²) in [5.74, 6) is 0.488. The molecule has 0 aliphatic heterocycles. The number of nitrogens with two attached hydrogens (primary N) is 1. The number of carbonyl (C=O) groups is 1. The summed E-state index contributed by atoms with van der Waals surface area (Å²) in [6.45, 7) is 3.33. The van der Waals surface area contributed by atoms with Crippen molar-refractivity contribution in [2.45, 2.75) is 38.3 Å². The third-order valence-electron chi connectivity index (χ3n) is 3.35. The smallest absolute Gasteiger partial charge is 0.243 e. The molecule has 1 amide bonds. The van der Waals surface area contributed by atoms with Crippen molar-refractivity contribution in [2.75, 3.05) is 5.32 Å². The van der Waals surface area contributed by atoms with Crippen LogP contribution in [0.25, 0.3) is 11.4 Å². The fourth-order valence-electron chi connectivity index (χ4n) is 1.98. The van der Waals surface area contributed by atoms with E-state index in [0.717, 1.165) is 24.2 Å². The van der Waals surface area contributed by atoms with E-state index in [0.29, 0.717) is 11.7 Å². The SMILES string of the molecule is CC(C)(N)C(=O)Nc1cccc(-c2nnnn2C2CC2)c1. The standard InChI is InChI=1S/C14H18N6O/c1-14(2,15)13(21)16-10-5-3-4-9(8-10)12-17-18-19-20(12)11-6-7-11/h3-5,8,11H,6-7,15H2,1-2H3,(H,16,21). The minimum Gasteiger partial charge on any atom is -0.324 e. The lowest BCUT2D eigenvalue weighted by atomic mass is 10.1. The Kier molecular flexibility index (Phi) is 3.21. The summed E-state index contributed by atoms with van der Waals surface area (Å²) < 4.78 is 1.84. The molecular formula is C14H18N6O. The minimum absolute atomic E-state index is 0.235. The van der Waals surface area contributed by atoms with Gasteiger partial charge in [0.25, 0.3) is 0 Å². The summed E-state index contributed by atoms with van der Waals surface area (Å²) in [6.07, 6.45) is 2.21. The Labute approximate surface area is 122 Å². The molecule has 1 aromatic carbocycles. The summed E-state index contributed by atoms with van der Waals surface area (Å²) in [4.78, 5) is 11.9. The molecule has 0 saturated heterocycles. The van der Waals surface area contributed by atoms with Crippen LogP contribution in [-0.2, 0) is 4.79 Å². The van der Waals surface area contributed by atoms with Crippen LogP contribution >= 0.6 is 0 Å². The van der Waals surface area contributed by atoms with Gasteiger partial charge in [-0.15, -0.1) is 5.10 Å². The van der Waals surface area contributed by atoms with Gasteiger partial charge < -0.3 is 11.1 Å². The monoisotopic (exact) mass is 286 g/mol. The van der Waals surface area contributed by atoms with Crippen molar-refractivity contribution in [3.63, 3.8) is 0 Å². The van der Waals surface area contributed by atoms with E-state index >= 15 is 0 Å². The van der Waals surface area contributed by atoms with E-state index in [1.807, 2.05) is 28.9 Å². The second-order valence-electron chi connectivity index (χ2n) is 5.93. The number of rotatable bonds is 4. The highest BCUT2D eigenvalue weighted by molar-refractivity contribution is 5.97. The lowest BCUT2D eigenvalue weighted by Crippen LogP contribution is -2.45. The lowest BCUT2D eigenvalue weighted by Gasteiger charge is -2.18. The highest BCUT2D eigenvalue weighted by atomic mass is 16.2. The maximum absolute atomic E-state index is 11.9. The van der Waals surface area contributed by atoms with Crippen LogP contribution in [0.4, 0.5) is 5.69 Å². The highest BCUT2D eigenvalue weighted by Crippen LogP contribution is 2.36. The van der Waals surface area contributed by atoms with Gasteiger partial charge in [-0.25, -0.2) is 4.68 Å². The van der Waals surface area contributed by atoms with Gasteiger partial charge in [0.15, 0.2) is 5.82 Å². The number of aromatic nitrogens is 4. The number of benzene rings is 1. The van der Waals surface area contributed by atoms with Crippen molar-refractivity contribution in [3.8, 4) is 11.4 Å². The van der Waals surface area contributed by atoms with Gasteiger partial charge >= 0.3 is 0 Å². The lowest BCUT2D eigenvalue weighted by molar-refractivity contribution is -0.120. The Bertz CT molecular complexity index is 668. The Balaban J connectivity index is 1.86. The number of carbonyl (C=O) groups excluding carboxylic acids is 1. The maximum Gasteiger partial charge on any atom is 0.243 e. The molecule has 1 aliphatic rings. The zero-order chi connectivity index (χ0) is 15.0. The Morgan fingerprint density at radius 3 is 2.86 bits per heavy atom. The van der Waals surface area contributed by atoms with E-state index in [-0.39, 0.29) is 5.91 Å². The number of tetrazole rings is 1. The molecule has 2 aromatic rings. The molecule has 21 heavy (non-hydrogen) atoms. The first-order chi connectivity index (χ1) is 9.95. The van der Waals surface area contributed by atoms with E-state index in [4.69, 9.17) is 5.73 Å². The summed E-state index contributed by atoms with van der Waals surface area (Å²) in [5.41, 5.74) is 6.41. The van der Waals surface area contributed by atoms with Crippen molar-refractivity contribution in [3.05, 3.63) is 24.3 Å². The molecule has 7 heteroatoms. The summed E-state index contributed by atoms with van der Waals surface area (Å²) in [5, 5.41) is 14.7. The molecule has 0 unspecified atom stereocenters. The molecule has 1 fully saturated rings. The quantitative estimate of drug-likeness (QED) is 0.884. The molecule has 3 rings (SSSR count). The number of hydrogen-bond donors (Lipinski definition) is 2. The van der Waals surface area contributed by atoms with Crippen molar-refractivity contribution >= 4 is 11.6 Å². The Morgan fingerprint density at radius 2 is 2.19 bits per heavy atom. The zero-order valence-corrected chi connectivity index (χ0v) is 12.1. The van der Waals surface area contributed by atoms with Crippen LogP contribution in [0.5, 0.6) is 0 Å². The second-order valence-corrected chi connectivity index (χ2v) is 5.93. The Morgan fingerprint density at radius 1 is 1.43 bits per heavy atom. The molecule has 0 radical (unpaired) electrons. The highest BCUT2D eigenvalue weighted by Gasteiger charge is 2.28. The Hall–Kier alpha value is -2.28. The second kappa shape index (κ2) is 4.92. The molecule has 3 N–H and O–H groups in total. The summed E-state index contributed by atoms with van der Waals surface area (Å²) in [7, 11) is 0. The largest absolute Gasteiger partial charge is 0.324 e. The van der Waals surface area contributed by atoms with Crippen molar-refractivity contribution in [1.82, 2.24) is 20.2 Å². The maximum atomic E-state index is 11.9. The van der Waals surface area contributed by atoms with E-state index in [1.165, 1.54) is 0 Å². The van der Waals surface area contributed by atoms with Gasteiger partial charge in [-0.05, 0) is 49.2 Å². The predicted octanol–water partition coefficient (Wildman–Crippen LogP) is 1.35. The van der Waals surface area contributed by atoms with Crippen LogP contribution < -0.4 is 11.1 Å². The summed E-state index contributed by atoms with van der Waals surface area (Å²) >= 11 is 0. The van der Waals surface area contributed by atoms with E-state index in [9.17, 15) is 4.79 Å².